The summed E-state index contributed by atoms with van der Waals surface area (Å²) < 4.78 is 13.6. The highest BCUT2D eigenvalue weighted by atomic mass is 127. The van der Waals surface area contributed by atoms with Crippen LogP contribution in [0, 0.1) is 19.7 Å². The Balaban J connectivity index is 0.00000484. The fourth-order valence-electron chi connectivity index (χ4n) is 1.96. The lowest BCUT2D eigenvalue weighted by atomic mass is 10.1. The molecular formula is C16H26FIN4O. The van der Waals surface area contributed by atoms with Gasteiger partial charge in [-0.2, -0.15) is 0 Å². The number of likely N-dealkylation sites (N-methyl/N-ethyl adjacent to an activating group) is 1. The molecule has 0 aromatic heterocycles. The third-order valence-electron chi connectivity index (χ3n) is 3.17. The molecule has 0 bridgehead atoms. The van der Waals surface area contributed by atoms with Crippen molar-refractivity contribution >= 4 is 35.8 Å². The van der Waals surface area contributed by atoms with Crippen LogP contribution >= 0.6 is 24.0 Å². The minimum Gasteiger partial charge on any atom is -0.357 e. The summed E-state index contributed by atoms with van der Waals surface area (Å²) in [5, 5.41) is 6.07. The van der Waals surface area contributed by atoms with Gasteiger partial charge in [-0.05, 0) is 37.5 Å². The minimum atomic E-state index is -0.172. The van der Waals surface area contributed by atoms with Crippen LogP contribution in [0.2, 0.25) is 0 Å². The Morgan fingerprint density at radius 3 is 2.26 bits per heavy atom. The number of benzene rings is 1. The van der Waals surface area contributed by atoms with Crippen molar-refractivity contribution < 1.29 is 9.18 Å². The van der Waals surface area contributed by atoms with E-state index in [0.29, 0.717) is 30.2 Å². The summed E-state index contributed by atoms with van der Waals surface area (Å²) in [6.07, 6.45) is 0. The van der Waals surface area contributed by atoms with Gasteiger partial charge >= 0.3 is 0 Å². The van der Waals surface area contributed by atoms with Crippen LogP contribution in [-0.2, 0) is 11.3 Å². The minimum absolute atomic E-state index is 0. The Morgan fingerprint density at radius 1 is 1.22 bits per heavy atom. The summed E-state index contributed by atoms with van der Waals surface area (Å²) in [5.41, 5.74) is 2.17. The average molecular weight is 436 g/mol. The number of guanidine groups is 1. The van der Waals surface area contributed by atoms with Crippen LogP contribution in [0.1, 0.15) is 23.6 Å². The van der Waals surface area contributed by atoms with Crippen molar-refractivity contribution in [1.29, 1.82) is 0 Å². The van der Waals surface area contributed by atoms with Crippen LogP contribution in [-0.4, -0.2) is 44.0 Å². The van der Waals surface area contributed by atoms with E-state index in [-0.39, 0.29) is 42.2 Å². The number of carbonyl (C=O) groups is 1. The highest BCUT2D eigenvalue weighted by Gasteiger charge is 2.06. The largest absolute Gasteiger partial charge is 0.357 e. The van der Waals surface area contributed by atoms with E-state index in [4.69, 9.17) is 0 Å². The van der Waals surface area contributed by atoms with E-state index in [1.54, 1.807) is 40.1 Å². The zero-order valence-corrected chi connectivity index (χ0v) is 16.7. The van der Waals surface area contributed by atoms with Crippen LogP contribution in [0.5, 0.6) is 0 Å². The predicted molar refractivity (Wildman–Crippen MR) is 103 cm³/mol. The lowest BCUT2D eigenvalue weighted by Crippen LogP contribution is -2.42. The Kier molecular flexibility index (Phi) is 9.78. The molecule has 0 aliphatic rings. The first-order chi connectivity index (χ1) is 10.3. The maximum absolute atomic E-state index is 13.6. The number of halogens is 2. The van der Waals surface area contributed by atoms with Gasteiger partial charge in [0.25, 0.3) is 0 Å². The van der Waals surface area contributed by atoms with Crippen molar-refractivity contribution in [2.45, 2.75) is 27.3 Å². The molecule has 0 radical (unpaired) electrons. The number of carbonyl (C=O) groups excluding carboxylic acids is 1. The van der Waals surface area contributed by atoms with Gasteiger partial charge in [-0.1, -0.05) is 12.1 Å². The summed E-state index contributed by atoms with van der Waals surface area (Å²) in [6, 6.07) is 3.58. The number of nitrogens with one attached hydrogen (secondary N) is 2. The van der Waals surface area contributed by atoms with E-state index in [1.807, 2.05) is 6.92 Å². The molecule has 0 aliphatic heterocycles. The van der Waals surface area contributed by atoms with Gasteiger partial charge in [0.1, 0.15) is 5.82 Å². The van der Waals surface area contributed by atoms with Crippen molar-refractivity contribution in [3.8, 4) is 0 Å². The smallest absolute Gasteiger partial charge is 0.241 e. The van der Waals surface area contributed by atoms with Crippen molar-refractivity contribution in [2.75, 3.05) is 27.2 Å². The molecule has 5 nitrogen and oxygen atoms in total. The number of rotatable bonds is 5. The van der Waals surface area contributed by atoms with E-state index >= 15 is 0 Å². The molecule has 0 atom stereocenters. The van der Waals surface area contributed by atoms with Crippen molar-refractivity contribution in [3.05, 3.63) is 34.6 Å². The van der Waals surface area contributed by atoms with Gasteiger partial charge in [-0.3, -0.25) is 4.79 Å². The van der Waals surface area contributed by atoms with E-state index in [1.165, 1.54) is 4.90 Å². The standard InChI is InChI=1S/C16H25FN4O.HI/c1-6-18-16(20-10-14(22)21(4)5)19-9-13-7-11(2)15(17)12(3)8-13;/h7-8H,6,9-10H2,1-5H3,(H2,18,19,20);1H. The molecule has 2 N–H and O–H groups in total. The van der Waals surface area contributed by atoms with Crippen LogP contribution in [0.4, 0.5) is 4.39 Å². The van der Waals surface area contributed by atoms with Crippen molar-refractivity contribution in [2.24, 2.45) is 4.99 Å². The molecule has 23 heavy (non-hydrogen) atoms. The molecule has 0 saturated carbocycles. The Bertz CT molecular complexity index is 538. The fraction of sp³-hybridized carbons (Fsp3) is 0.500. The molecule has 1 aromatic carbocycles. The molecule has 7 heteroatoms. The summed E-state index contributed by atoms with van der Waals surface area (Å²) in [5.74, 6) is 0.366. The predicted octanol–water partition coefficient (Wildman–Crippen LogP) is 2.20. The van der Waals surface area contributed by atoms with Gasteiger partial charge in [0.15, 0.2) is 5.96 Å². The van der Waals surface area contributed by atoms with Gasteiger partial charge in [0, 0.05) is 20.6 Å². The maximum atomic E-state index is 13.6. The van der Waals surface area contributed by atoms with E-state index in [2.05, 4.69) is 15.6 Å². The van der Waals surface area contributed by atoms with Gasteiger partial charge < -0.3 is 15.5 Å². The molecule has 130 valence electrons. The molecule has 0 saturated heterocycles. The Morgan fingerprint density at radius 2 is 1.78 bits per heavy atom. The molecule has 1 aromatic rings. The summed E-state index contributed by atoms with van der Waals surface area (Å²) in [7, 11) is 3.41. The second kappa shape index (κ2) is 10.4. The van der Waals surface area contributed by atoms with Gasteiger partial charge in [0.05, 0.1) is 13.1 Å². The van der Waals surface area contributed by atoms with Crippen LogP contribution in [0.15, 0.2) is 17.1 Å². The van der Waals surface area contributed by atoms with E-state index in [9.17, 15) is 9.18 Å². The number of amides is 1. The number of aliphatic imine (C=N–C) groups is 1. The van der Waals surface area contributed by atoms with Crippen molar-refractivity contribution in [1.82, 2.24) is 15.5 Å². The molecule has 0 spiro atoms. The normalized spacial score (nSPS) is 10.8. The summed E-state index contributed by atoms with van der Waals surface area (Å²) >= 11 is 0. The number of hydrogen-bond donors (Lipinski definition) is 2. The van der Waals surface area contributed by atoms with Gasteiger partial charge in [-0.25, -0.2) is 9.38 Å². The van der Waals surface area contributed by atoms with Crippen molar-refractivity contribution in [3.63, 3.8) is 0 Å². The maximum Gasteiger partial charge on any atom is 0.241 e. The molecular weight excluding hydrogens is 410 g/mol. The Labute approximate surface area is 154 Å². The topological polar surface area (TPSA) is 56.7 Å². The lowest BCUT2D eigenvalue weighted by Gasteiger charge is -2.14. The van der Waals surface area contributed by atoms with Crippen LogP contribution in [0.3, 0.4) is 0 Å². The molecule has 0 unspecified atom stereocenters. The summed E-state index contributed by atoms with van der Waals surface area (Å²) in [6.45, 7) is 6.75. The first-order valence-electron chi connectivity index (χ1n) is 7.33. The first-order valence-corrected chi connectivity index (χ1v) is 7.33. The zero-order chi connectivity index (χ0) is 16.7. The zero-order valence-electron chi connectivity index (χ0n) is 14.4. The first kappa shape index (κ1) is 21.6. The summed E-state index contributed by atoms with van der Waals surface area (Å²) in [4.78, 5) is 17.5. The van der Waals surface area contributed by atoms with E-state index in [0.717, 1.165) is 5.56 Å². The SMILES string of the molecule is CCNC(=NCc1cc(C)c(F)c(C)c1)NCC(=O)N(C)C.I. The highest BCUT2D eigenvalue weighted by molar-refractivity contribution is 14.0. The second-order valence-corrected chi connectivity index (χ2v) is 5.38. The third-order valence-corrected chi connectivity index (χ3v) is 3.17. The van der Waals surface area contributed by atoms with E-state index < -0.39 is 0 Å². The van der Waals surface area contributed by atoms with Gasteiger partial charge in [-0.15, -0.1) is 24.0 Å². The number of nitrogens with zero attached hydrogens (tertiary/aromatic N) is 2. The molecule has 0 aliphatic carbocycles. The third kappa shape index (κ3) is 7.15. The number of aryl methyl sites for hydroxylation is 2. The second-order valence-electron chi connectivity index (χ2n) is 5.38. The van der Waals surface area contributed by atoms with Gasteiger partial charge in [0.2, 0.25) is 5.91 Å². The quantitative estimate of drug-likeness (QED) is 0.423. The molecule has 1 rings (SSSR count). The monoisotopic (exact) mass is 436 g/mol. The van der Waals surface area contributed by atoms with Crippen LogP contribution < -0.4 is 10.6 Å². The fourth-order valence-corrected chi connectivity index (χ4v) is 1.96. The number of hydrogen-bond acceptors (Lipinski definition) is 2. The Hall–Kier alpha value is -1.38. The molecule has 0 fully saturated rings. The average Bonchev–Trinajstić information content (AvgIpc) is 2.46. The van der Waals surface area contributed by atoms with Crippen LogP contribution in [0.25, 0.3) is 0 Å². The highest BCUT2D eigenvalue weighted by Crippen LogP contribution is 2.15. The molecule has 0 heterocycles. The molecule has 1 amide bonds. The lowest BCUT2D eigenvalue weighted by molar-refractivity contribution is -0.127.